The molecule has 0 aromatic heterocycles. The Kier molecular flexibility index (Phi) is 6.01. The number of carbonyl (C=O) groups excluding carboxylic acids is 4. The zero-order valence-electron chi connectivity index (χ0n) is 19.4. The first kappa shape index (κ1) is 23.1. The quantitative estimate of drug-likeness (QED) is 0.431. The number of carbonyl (C=O) groups is 4. The van der Waals surface area contributed by atoms with Gasteiger partial charge >= 0.3 is 23.9 Å². The maximum atomic E-state index is 13.2. The van der Waals surface area contributed by atoms with Gasteiger partial charge in [0.15, 0.2) is 0 Å². The van der Waals surface area contributed by atoms with Gasteiger partial charge in [-0.2, -0.15) is 0 Å². The molecule has 0 N–H and O–H groups in total. The number of ether oxygens (including phenoxy) is 4. The highest BCUT2D eigenvalue weighted by molar-refractivity contribution is 5.86. The van der Waals surface area contributed by atoms with Crippen LogP contribution in [0.5, 0.6) is 0 Å². The highest BCUT2D eigenvalue weighted by Gasteiger charge is 2.70. The molecule has 3 aliphatic carbocycles. The van der Waals surface area contributed by atoms with Gasteiger partial charge in [-0.15, -0.1) is 0 Å². The molecule has 6 unspecified atom stereocenters. The summed E-state index contributed by atoms with van der Waals surface area (Å²) in [6, 6.07) is 0. The minimum atomic E-state index is -0.660. The molecule has 8 heteroatoms. The van der Waals surface area contributed by atoms with Crippen LogP contribution in [0.2, 0.25) is 0 Å². The third-order valence-electron chi connectivity index (χ3n) is 7.71. The Morgan fingerprint density at radius 1 is 1.12 bits per heavy atom. The van der Waals surface area contributed by atoms with Gasteiger partial charge < -0.3 is 18.9 Å². The summed E-state index contributed by atoms with van der Waals surface area (Å²) < 4.78 is 22.4. The van der Waals surface area contributed by atoms with Crippen LogP contribution in [0.15, 0.2) is 0 Å². The molecule has 1 heterocycles. The van der Waals surface area contributed by atoms with Crippen molar-refractivity contribution < 1.29 is 38.1 Å². The molecule has 178 valence electrons. The lowest BCUT2D eigenvalue weighted by Gasteiger charge is -2.34. The molecule has 0 spiro atoms. The van der Waals surface area contributed by atoms with Crippen molar-refractivity contribution in [1.82, 2.24) is 0 Å². The van der Waals surface area contributed by atoms with Crippen LogP contribution in [-0.2, 0) is 38.1 Å². The van der Waals surface area contributed by atoms with Crippen LogP contribution >= 0.6 is 0 Å². The predicted molar refractivity (Wildman–Crippen MR) is 111 cm³/mol. The van der Waals surface area contributed by atoms with Gasteiger partial charge in [-0.1, -0.05) is 6.92 Å². The van der Waals surface area contributed by atoms with Gasteiger partial charge in [0.05, 0.1) is 23.7 Å². The van der Waals surface area contributed by atoms with E-state index in [1.807, 2.05) is 6.92 Å². The van der Waals surface area contributed by atoms with Gasteiger partial charge in [-0.25, -0.2) is 0 Å². The van der Waals surface area contributed by atoms with Gasteiger partial charge in [-0.3, -0.25) is 19.2 Å². The Balaban J connectivity index is 1.39. The van der Waals surface area contributed by atoms with Crippen molar-refractivity contribution in [2.45, 2.75) is 90.4 Å². The Bertz CT molecular complexity index is 790. The molecule has 0 aromatic carbocycles. The van der Waals surface area contributed by atoms with Crippen molar-refractivity contribution in [3.8, 4) is 0 Å². The maximum Gasteiger partial charge on any atom is 0.311 e. The Labute approximate surface area is 188 Å². The lowest BCUT2D eigenvalue weighted by molar-refractivity contribution is -0.175. The molecule has 1 saturated heterocycles. The average molecular weight is 451 g/mol. The van der Waals surface area contributed by atoms with Crippen LogP contribution in [0.25, 0.3) is 0 Å². The molecule has 32 heavy (non-hydrogen) atoms. The number of esters is 4. The first-order chi connectivity index (χ1) is 15.1. The maximum absolute atomic E-state index is 13.2. The monoisotopic (exact) mass is 450 g/mol. The van der Waals surface area contributed by atoms with Crippen LogP contribution in [0.3, 0.4) is 0 Å². The van der Waals surface area contributed by atoms with Crippen molar-refractivity contribution >= 4 is 23.9 Å². The molecule has 1 aliphatic heterocycles. The number of rotatable bonds is 7. The first-order valence-corrected chi connectivity index (χ1v) is 11.9. The Morgan fingerprint density at radius 2 is 1.81 bits per heavy atom. The summed E-state index contributed by atoms with van der Waals surface area (Å²) in [5.74, 6) is -3.22. The fourth-order valence-corrected chi connectivity index (χ4v) is 5.95. The van der Waals surface area contributed by atoms with E-state index >= 15 is 0 Å². The topological polar surface area (TPSA) is 105 Å². The van der Waals surface area contributed by atoms with Crippen LogP contribution in [0.1, 0.15) is 72.6 Å². The van der Waals surface area contributed by atoms with E-state index in [4.69, 9.17) is 18.9 Å². The molecule has 0 radical (unpaired) electrons. The van der Waals surface area contributed by atoms with Crippen molar-refractivity contribution in [1.29, 1.82) is 0 Å². The van der Waals surface area contributed by atoms with E-state index in [0.717, 1.165) is 32.1 Å². The van der Waals surface area contributed by atoms with Crippen LogP contribution in [0.4, 0.5) is 0 Å². The highest BCUT2D eigenvalue weighted by Crippen LogP contribution is 2.59. The van der Waals surface area contributed by atoms with Gasteiger partial charge in [0.2, 0.25) is 0 Å². The summed E-state index contributed by atoms with van der Waals surface area (Å²) in [6.07, 6.45) is 3.87. The van der Waals surface area contributed by atoms with Crippen LogP contribution < -0.4 is 0 Å². The predicted octanol–water partition coefficient (Wildman–Crippen LogP) is 2.95. The van der Waals surface area contributed by atoms with E-state index in [0.29, 0.717) is 6.42 Å². The van der Waals surface area contributed by atoms with E-state index in [9.17, 15) is 19.2 Å². The minimum absolute atomic E-state index is 0.0761. The van der Waals surface area contributed by atoms with E-state index < -0.39 is 47.0 Å². The fraction of sp³-hybridized carbons (Fsp3) is 0.833. The zero-order valence-corrected chi connectivity index (χ0v) is 19.4. The highest BCUT2D eigenvalue weighted by atomic mass is 16.6. The summed E-state index contributed by atoms with van der Waals surface area (Å²) in [6.45, 7) is 7.16. The molecule has 6 atom stereocenters. The molecule has 8 nitrogen and oxygen atoms in total. The number of hydrogen-bond acceptors (Lipinski definition) is 8. The first-order valence-electron chi connectivity index (χ1n) is 11.9. The summed E-state index contributed by atoms with van der Waals surface area (Å²) >= 11 is 0. The van der Waals surface area contributed by atoms with Crippen LogP contribution in [-0.4, -0.2) is 48.3 Å². The smallest absolute Gasteiger partial charge is 0.311 e. The molecule has 0 aromatic rings. The van der Waals surface area contributed by atoms with Crippen molar-refractivity contribution in [3.05, 3.63) is 0 Å². The molecule has 2 bridgehead atoms. The molecular formula is C24H34O8. The molecule has 4 rings (SSSR count). The molecule has 3 saturated carbocycles. The molecular weight excluding hydrogens is 416 g/mol. The van der Waals surface area contributed by atoms with Gasteiger partial charge in [0.25, 0.3) is 0 Å². The van der Waals surface area contributed by atoms with E-state index in [2.05, 4.69) is 0 Å². The lowest BCUT2D eigenvalue weighted by atomic mass is 9.78. The Morgan fingerprint density at radius 3 is 2.44 bits per heavy atom. The average Bonchev–Trinajstić information content (AvgIpc) is 3.45. The third kappa shape index (κ3) is 4.01. The van der Waals surface area contributed by atoms with Crippen molar-refractivity contribution in [2.24, 2.45) is 29.1 Å². The largest absolute Gasteiger partial charge is 0.465 e. The second kappa shape index (κ2) is 8.34. The fourth-order valence-electron chi connectivity index (χ4n) is 5.95. The molecule has 4 fully saturated rings. The van der Waals surface area contributed by atoms with Crippen molar-refractivity contribution in [3.63, 3.8) is 0 Å². The lowest BCUT2D eigenvalue weighted by Crippen LogP contribution is -2.45. The van der Waals surface area contributed by atoms with Crippen molar-refractivity contribution in [2.75, 3.05) is 6.61 Å². The minimum Gasteiger partial charge on any atom is -0.465 e. The van der Waals surface area contributed by atoms with E-state index in [1.54, 1.807) is 20.8 Å². The second-order valence-corrected chi connectivity index (χ2v) is 10.8. The normalized spacial score (nSPS) is 34.3. The third-order valence-corrected chi connectivity index (χ3v) is 7.71. The summed E-state index contributed by atoms with van der Waals surface area (Å²) in [5.41, 5.74) is -1.09. The number of fused-ring (bicyclic) bond motifs is 1. The SMILES string of the molecule is CCC1(OC(=O)C2C3CC4C(OC(=O)C42)C3OC(=O)CCOC(=O)C(C)(C)C)CCCC1. The summed E-state index contributed by atoms with van der Waals surface area (Å²) in [5, 5.41) is 0. The van der Waals surface area contributed by atoms with Gasteiger partial charge in [-0.05, 0) is 59.3 Å². The molecule has 4 aliphatic rings. The summed E-state index contributed by atoms with van der Waals surface area (Å²) in [4.78, 5) is 50.1. The zero-order chi connectivity index (χ0) is 23.3. The standard InChI is InChI=1S/C24H34O8/c1-5-24(9-6-7-10-24)32-21(27)17-14-12-13-16(17)20(26)31-19(13)18(14)30-15(25)8-11-29-22(28)23(2,3)4/h13-14,16-19H,5-12H2,1-4H3. The Hall–Kier alpha value is -2.12. The molecule has 0 amide bonds. The summed E-state index contributed by atoms with van der Waals surface area (Å²) in [7, 11) is 0. The van der Waals surface area contributed by atoms with Gasteiger partial charge in [0, 0.05) is 11.8 Å². The van der Waals surface area contributed by atoms with Crippen LogP contribution in [0, 0.1) is 29.1 Å². The number of hydrogen-bond donors (Lipinski definition) is 0. The van der Waals surface area contributed by atoms with Gasteiger partial charge in [0.1, 0.15) is 24.4 Å². The van der Waals surface area contributed by atoms with E-state index in [-0.39, 0.29) is 36.8 Å². The second-order valence-electron chi connectivity index (χ2n) is 10.8. The van der Waals surface area contributed by atoms with E-state index in [1.165, 1.54) is 0 Å².